The third-order valence-corrected chi connectivity index (χ3v) is 4.41. The highest BCUT2D eigenvalue weighted by molar-refractivity contribution is 7.09. The molecule has 2 aromatic rings. The summed E-state index contributed by atoms with van der Waals surface area (Å²) in [6.07, 6.45) is 4.41. The number of pyridine rings is 1. The molecule has 1 fully saturated rings. The summed E-state index contributed by atoms with van der Waals surface area (Å²) in [5.74, 6) is 1.09. The molecule has 0 unspecified atom stereocenters. The summed E-state index contributed by atoms with van der Waals surface area (Å²) < 4.78 is 0. The lowest BCUT2D eigenvalue weighted by atomic mass is 10.3. The number of aromatic nitrogens is 2. The van der Waals surface area contributed by atoms with Crippen LogP contribution in [0.3, 0.4) is 0 Å². The van der Waals surface area contributed by atoms with Crippen molar-refractivity contribution in [2.45, 2.75) is 26.3 Å². The second-order valence-electron chi connectivity index (χ2n) is 4.78. The van der Waals surface area contributed by atoms with Crippen LogP contribution in [-0.4, -0.2) is 23.1 Å². The van der Waals surface area contributed by atoms with Gasteiger partial charge in [0.15, 0.2) is 5.82 Å². The number of thiazole rings is 1. The molecule has 0 aliphatic carbocycles. The Hall–Kier alpha value is -1.62. The predicted molar refractivity (Wildman–Crippen MR) is 79.9 cm³/mol. The molecule has 4 nitrogen and oxygen atoms in total. The molecular formula is C14H18N4S. The molecule has 1 aliphatic heterocycles. The topological polar surface area (TPSA) is 41.1 Å². The van der Waals surface area contributed by atoms with E-state index in [0.29, 0.717) is 0 Å². The molecule has 0 bridgehead atoms. The van der Waals surface area contributed by atoms with Crippen LogP contribution in [0.4, 0.5) is 11.5 Å². The molecule has 2 aromatic heterocycles. The SMILES string of the molecule is Cc1ncsc1CNc1cccnc1N1CCCC1. The van der Waals surface area contributed by atoms with Crippen LogP contribution in [0.1, 0.15) is 23.4 Å². The van der Waals surface area contributed by atoms with Crippen molar-refractivity contribution >= 4 is 22.8 Å². The first kappa shape index (κ1) is 12.4. The Morgan fingerprint density at radius 2 is 2.16 bits per heavy atom. The van der Waals surface area contributed by atoms with E-state index in [9.17, 15) is 0 Å². The van der Waals surface area contributed by atoms with Crippen molar-refractivity contribution in [2.75, 3.05) is 23.3 Å². The monoisotopic (exact) mass is 274 g/mol. The van der Waals surface area contributed by atoms with Crippen molar-refractivity contribution in [2.24, 2.45) is 0 Å². The summed E-state index contributed by atoms with van der Waals surface area (Å²) in [6, 6.07) is 4.10. The lowest BCUT2D eigenvalue weighted by Crippen LogP contribution is -2.20. The van der Waals surface area contributed by atoms with E-state index >= 15 is 0 Å². The van der Waals surface area contributed by atoms with Crippen molar-refractivity contribution < 1.29 is 0 Å². The van der Waals surface area contributed by atoms with Gasteiger partial charge in [0.2, 0.25) is 0 Å². The lowest BCUT2D eigenvalue weighted by Gasteiger charge is -2.20. The van der Waals surface area contributed by atoms with E-state index in [-0.39, 0.29) is 0 Å². The summed E-state index contributed by atoms with van der Waals surface area (Å²) in [7, 11) is 0. The quantitative estimate of drug-likeness (QED) is 0.930. The molecule has 0 saturated carbocycles. The highest BCUT2D eigenvalue weighted by Crippen LogP contribution is 2.27. The average Bonchev–Trinajstić information content (AvgIpc) is 3.08. The van der Waals surface area contributed by atoms with Crippen LogP contribution in [0.25, 0.3) is 0 Å². The van der Waals surface area contributed by atoms with Crippen molar-refractivity contribution in [3.63, 3.8) is 0 Å². The molecule has 3 rings (SSSR count). The van der Waals surface area contributed by atoms with E-state index in [1.165, 1.54) is 17.7 Å². The Morgan fingerprint density at radius 3 is 2.89 bits per heavy atom. The minimum Gasteiger partial charge on any atom is -0.377 e. The highest BCUT2D eigenvalue weighted by Gasteiger charge is 2.16. The zero-order valence-corrected chi connectivity index (χ0v) is 11.9. The number of nitrogens with one attached hydrogen (secondary N) is 1. The smallest absolute Gasteiger partial charge is 0.151 e. The van der Waals surface area contributed by atoms with Crippen LogP contribution in [-0.2, 0) is 6.54 Å². The van der Waals surface area contributed by atoms with Gasteiger partial charge in [-0.2, -0.15) is 0 Å². The van der Waals surface area contributed by atoms with Crippen molar-refractivity contribution in [3.05, 3.63) is 34.4 Å². The Kier molecular flexibility index (Phi) is 3.64. The molecule has 1 saturated heterocycles. The predicted octanol–water partition coefficient (Wildman–Crippen LogP) is 3.06. The Balaban J connectivity index is 1.75. The second-order valence-corrected chi connectivity index (χ2v) is 5.72. The van der Waals surface area contributed by atoms with E-state index < -0.39 is 0 Å². The van der Waals surface area contributed by atoms with Crippen LogP contribution < -0.4 is 10.2 Å². The summed E-state index contributed by atoms with van der Waals surface area (Å²) in [6.45, 7) is 5.11. The van der Waals surface area contributed by atoms with Gasteiger partial charge in [-0.3, -0.25) is 0 Å². The van der Waals surface area contributed by atoms with Gasteiger partial charge in [-0.15, -0.1) is 11.3 Å². The zero-order valence-electron chi connectivity index (χ0n) is 11.1. The van der Waals surface area contributed by atoms with Gasteiger partial charge in [0.25, 0.3) is 0 Å². The summed E-state index contributed by atoms with van der Waals surface area (Å²) in [5.41, 5.74) is 4.14. The third kappa shape index (κ3) is 2.71. The molecule has 0 aromatic carbocycles. The van der Waals surface area contributed by atoms with Gasteiger partial charge in [0.05, 0.1) is 23.4 Å². The maximum absolute atomic E-state index is 4.53. The van der Waals surface area contributed by atoms with Crippen LogP contribution in [0.5, 0.6) is 0 Å². The first-order valence-electron chi connectivity index (χ1n) is 6.67. The Morgan fingerprint density at radius 1 is 1.32 bits per heavy atom. The van der Waals surface area contributed by atoms with Gasteiger partial charge in [0, 0.05) is 24.2 Å². The Labute approximate surface area is 117 Å². The molecule has 100 valence electrons. The van der Waals surface area contributed by atoms with Gasteiger partial charge in [-0.25, -0.2) is 9.97 Å². The second kappa shape index (κ2) is 5.57. The number of hydrogen-bond acceptors (Lipinski definition) is 5. The maximum atomic E-state index is 4.53. The third-order valence-electron chi connectivity index (χ3n) is 3.48. The fourth-order valence-corrected chi connectivity index (χ4v) is 3.10. The van der Waals surface area contributed by atoms with E-state index in [1.807, 2.05) is 17.8 Å². The first-order valence-corrected chi connectivity index (χ1v) is 7.55. The van der Waals surface area contributed by atoms with E-state index in [4.69, 9.17) is 0 Å². The number of nitrogens with zero attached hydrogens (tertiary/aromatic N) is 3. The number of anilines is 2. The van der Waals surface area contributed by atoms with Crippen molar-refractivity contribution in [1.82, 2.24) is 9.97 Å². The maximum Gasteiger partial charge on any atom is 0.151 e. The number of hydrogen-bond donors (Lipinski definition) is 1. The summed E-state index contributed by atoms with van der Waals surface area (Å²) in [5, 5.41) is 3.50. The Bertz CT molecular complexity index is 546. The first-order chi connectivity index (χ1) is 9.34. The normalized spacial score (nSPS) is 14.9. The van der Waals surface area contributed by atoms with Gasteiger partial charge < -0.3 is 10.2 Å². The number of aryl methyl sites for hydroxylation is 1. The molecule has 0 radical (unpaired) electrons. The molecule has 0 amide bonds. The van der Waals surface area contributed by atoms with E-state index in [0.717, 1.165) is 36.8 Å². The lowest BCUT2D eigenvalue weighted by molar-refractivity contribution is 0.935. The van der Waals surface area contributed by atoms with Crippen LogP contribution in [0.2, 0.25) is 0 Å². The molecule has 5 heteroatoms. The fraction of sp³-hybridized carbons (Fsp3) is 0.429. The molecular weight excluding hydrogens is 256 g/mol. The van der Waals surface area contributed by atoms with Gasteiger partial charge >= 0.3 is 0 Å². The van der Waals surface area contributed by atoms with E-state index in [2.05, 4.69) is 33.2 Å². The molecule has 1 aliphatic rings. The average molecular weight is 274 g/mol. The van der Waals surface area contributed by atoms with Crippen molar-refractivity contribution in [1.29, 1.82) is 0 Å². The van der Waals surface area contributed by atoms with E-state index in [1.54, 1.807) is 11.3 Å². The summed E-state index contributed by atoms with van der Waals surface area (Å²) >= 11 is 1.70. The minimum absolute atomic E-state index is 0.822. The highest BCUT2D eigenvalue weighted by atomic mass is 32.1. The fourth-order valence-electron chi connectivity index (χ4n) is 2.39. The van der Waals surface area contributed by atoms with Crippen LogP contribution >= 0.6 is 11.3 Å². The number of rotatable bonds is 4. The molecule has 19 heavy (non-hydrogen) atoms. The summed E-state index contributed by atoms with van der Waals surface area (Å²) in [4.78, 5) is 12.5. The molecule has 0 atom stereocenters. The van der Waals surface area contributed by atoms with Crippen LogP contribution in [0, 0.1) is 6.92 Å². The molecule has 3 heterocycles. The molecule has 0 spiro atoms. The van der Waals surface area contributed by atoms with Crippen molar-refractivity contribution in [3.8, 4) is 0 Å². The largest absolute Gasteiger partial charge is 0.377 e. The standard InChI is InChI=1S/C14H18N4S/c1-11-13(19-10-17-11)9-16-12-5-4-6-15-14(12)18-7-2-3-8-18/h4-6,10,16H,2-3,7-9H2,1H3. The van der Waals surface area contributed by atoms with Crippen LogP contribution in [0.15, 0.2) is 23.8 Å². The van der Waals surface area contributed by atoms with Gasteiger partial charge in [-0.1, -0.05) is 0 Å². The zero-order chi connectivity index (χ0) is 13.1. The minimum atomic E-state index is 0.822. The van der Waals surface area contributed by atoms with Gasteiger partial charge in [0.1, 0.15) is 0 Å². The van der Waals surface area contributed by atoms with Gasteiger partial charge in [-0.05, 0) is 31.9 Å². The molecule has 1 N–H and O–H groups in total.